The van der Waals surface area contributed by atoms with E-state index in [9.17, 15) is 5.11 Å². The molecule has 0 saturated carbocycles. The first-order valence-corrected chi connectivity index (χ1v) is 7.68. The van der Waals surface area contributed by atoms with Crippen molar-refractivity contribution in [3.63, 3.8) is 0 Å². The molecule has 1 aromatic heterocycles. The van der Waals surface area contributed by atoms with Gasteiger partial charge in [-0.15, -0.1) is 0 Å². The van der Waals surface area contributed by atoms with Gasteiger partial charge in [0.25, 0.3) is 0 Å². The van der Waals surface area contributed by atoms with Crippen LogP contribution in [0.2, 0.25) is 10.0 Å². The highest BCUT2D eigenvalue weighted by Gasteiger charge is 2.27. The third kappa shape index (κ3) is 2.95. The number of benzene rings is 1. The Hall–Kier alpha value is -1.63. The fourth-order valence-corrected chi connectivity index (χ4v) is 2.96. The van der Waals surface area contributed by atoms with E-state index in [4.69, 9.17) is 28.9 Å². The van der Waals surface area contributed by atoms with Gasteiger partial charge in [-0.05, 0) is 31.0 Å². The molecule has 2 aromatic rings. The Balaban J connectivity index is 2.05. The normalized spacial score (nSPS) is 18.0. The van der Waals surface area contributed by atoms with Crippen molar-refractivity contribution < 1.29 is 5.11 Å². The van der Waals surface area contributed by atoms with Gasteiger partial charge in [0.05, 0.1) is 17.7 Å². The van der Waals surface area contributed by atoms with Gasteiger partial charge in [-0.1, -0.05) is 23.2 Å². The van der Waals surface area contributed by atoms with Crippen LogP contribution in [0, 0.1) is 0 Å². The maximum absolute atomic E-state index is 9.45. The van der Waals surface area contributed by atoms with E-state index in [1.165, 1.54) is 0 Å². The highest BCUT2D eigenvalue weighted by atomic mass is 35.5. The van der Waals surface area contributed by atoms with Crippen molar-refractivity contribution in [3.8, 4) is 11.4 Å². The van der Waals surface area contributed by atoms with Crippen LogP contribution >= 0.6 is 23.2 Å². The van der Waals surface area contributed by atoms with E-state index in [0.717, 1.165) is 19.4 Å². The Bertz CT molecular complexity index is 697. The zero-order valence-electron chi connectivity index (χ0n) is 11.7. The quantitative estimate of drug-likeness (QED) is 0.892. The summed E-state index contributed by atoms with van der Waals surface area (Å²) in [6.45, 7) is 0.830. The van der Waals surface area contributed by atoms with Gasteiger partial charge in [0.1, 0.15) is 0 Å². The molecule has 8 heteroatoms. The lowest BCUT2D eigenvalue weighted by Gasteiger charge is -2.23. The standard InChI is InChI=1S/C14H15Cl2N5O/c15-8-3-4-11(16)10(6-8)12-18-13(17)20-14(19-12)21-5-1-2-9(21)7-22/h3-4,6,9,22H,1-2,5,7H2,(H2,17,18,19,20)/t9-/m0/s1. The van der Waals surface area contributed by atoms with Crippen molar-refractivity contribution in [1.82, 2.24) is 15.0 Å². The van der Waals surface area contributed by atoms with Crippen LogP contribution in [0.1, 0.15) is 12.8 Å². The summed E-state index contributed by atoms with van der Waals surface area (Å²) in [6.07, 6.45) is 1.87. The fraction of sp³-hybridized carbons (Fsp3) is 0.357. The van der Waals surface area contributed by atoms with E-state index in [2.05, 4.69) is 15.0 Å². The zero-order valence-corrected chi connectivity index (χ0v) is 13.2. The summed E-state index contributed by atoms with van der Waals surface area (Å²) in [4.78, 5) is 14.7. The molecule has 3 rings (SSSR count). The third-order valence-electron chi connectivity index (χ3n) is 3.65. The molecule has 1 aliphatic heterocycles. The van der Waals surface area contributed by atoms with Crippen LogP contribution in [0.5, 0.6) is 0 Å². The molecule has 0 spiro atoms. The van der Waals surface area contributed by atoms with Gasteiger partial charge in [-0.25, -0.2) is 0 Å². The molecule has 1 fully saturated rings. The van der Waals surface area contributed by atoms with E-state index in [0.29, 0.717) is 27.4 Å². The number of halogens is 2. The van der Waals surface area contributed by atoms with Gasteiger partial charge in [0, 0.05) is 17.1 Å². The van der Waals surface area contributed by atoms with Crippen molar-refractivity contribution >= 4 is 35.1 Å². The van der Waals surface area contributed by atoms with Crippen LogP contribution in [0.15, 0.2) is 18.2 Å². The summed E-state index contributed by atoms with van der Waals surface area (Å²) in [6, 6.07) is 5.08. The molecule has 0 aliphatic carbocycles. The van der Waals surface area contributed by atoms with E-state index in [1.54, 1.807) is 18.2 Å². The minimum atomic E-state index is 0.00415. The summed E-state index contributed by atoms with van der Waals surface area (Å²) < 4.78 is 0. The molecule has 1 aliphatic rings. The molecule has 6 nitrogen and oxygen atoms in total. The predicted octanol–water partition coefficient (Wildman–Crippen LogP) is 2.39. The van der Waals surface area contributed by atoms with Gasteiger partial charge >= 0.3 is 0 Å². The maximum Gasteiger partial charge on any atom is 0.231 e. The molecule has 116 valence electrons. The minimum absolute atomic E-state index is 0.00415. The lowest BCUT2D eigenvalue weighted by Crippen LogP contribution is -2.33. The Labute approximate surface area is 137 Å². The first-order chi connectivity index (χ1) is 10.6. The second-order valence-electron chi connectivity index (χ2n) is 5.11. The van der Waals surface area contributed by atoms with Gasteiger partial charge in [0.15, 0.2) is 5.82 Å². The average Bonchev–Trinajstić information content (AvgIpc) is 2.97. The number of hydrogen-bond donors (Lipinski definition) is 2. The largest absolute Gasteiger partial charge is 0.394 e. The first-order valence-electron chi connectivity index (χ1n) is 6.93. The second-order valence-corrected chi connectivity index (χ2v) is 5.96. The molecule has 22 heavy (non-hydrogen) atoms. The third-order valence-corrected chi connectivity index (χ3v) is 4.22. The van der Waals surface area contributed by atoms with Crippen LogP contribution in [0.25, 0.3) is 11.4 Å². The van der Waals surface area contributed by atoms with Crippen LogP contribution in [0.3, 0.4) is 0 Å². The van der Waals surface area contributed by atoms with Gasteiger partial charge < -0.3 is 15.7 Å². The maximum atomic E-state index is 9.45. The number of nitrogen functional groups attached to an aromatic ring is 1. The summed E-state index contributed by atoms with van der Waals surface area (Å²) >= 11 is 12.2. The Morgan fingerprint density at radius 2 is 2.09 bits per heavy atom. The molecule has 1 atom stereocenters. The molecule has 2 heterocycles. The minimum Gasteiger partial charge on any atom is -0.394 e. The highest BCUT2D eigenvalue weighted by molar-refractivity contribution is 6.35. The number of nitrogens with zero attached hydrogens (tertiary/aromatic N) is 4. The predicted molar refractivity (Wildman–Crippen MR) is 87.1 cm³/mol. The Kier molecular flexibility index (Phi) is 4.33. The van der Waals surface area contributed by atoms with E-state index in [-0.39, 0.29) is 18.6 Å². The molecule has 0 amide bonds. The van der Waals surface area contributed by atoms with Crippen molar-refractivity contribution in [1.29, 1.82) is 0 Å². The molecular weight excluding hydrogens is 325 g/mol. The molecule has 1 saturated heterocycles. The van der Waals surface area contributed by atoms with Gasteiger partial charge in [0.2, 0.25) is 11.9 Å². The number of nitrogens with two attached hydrogens (primary N) is 1. The van der Waals surface area contributed by atoms with E-state index in [1.807, 2.05) is 4.90 Å². The lowest BCUT2D eigenvalue weighted by atomic mass is 10.2. The number of aliphatic hydroxyl groups is 1. The van der Waals surface area contributed by atoms with Crippen LogP contribution in [0.4, 0.5) is 11.9 Å². The summed E-state index contributed by atoms with van der Waals surface area (Å²) in [5, 5.41) is 10.5. The van der Waals surface area contributed by atoms with Gasteiger partial charge in [-0.2, -0.15) is 15.0 Å². The summed E-state index contributed by atoms with van der Waals surface area (Å²) in [5.74, 6) is 0.938. The molecular formula is C14H15Cl2N5O. The molecule has 0 unspecified atom stereocenters. The molecule has 0 radical (unpaired) electrons. The Morgan fingerprint density at radius 3 is 2.86 bits per heavy atom. The lowest BCUT2D eigenvalue weighted by molar-refractivity contribution is 0.265. The smallest absolute Gasteiger partial charge is 0.231 e. The van der Waals surface area contributed by atoms with Crippen LogP contribution in [-0.2, 0) is 0 Å². The van der Waals surface area contributed by atoms with Crippen molar-refractivity contribution in [3.05, 3.63) is 28.2 Å². The monoisotopic (exact) mass is 339 g/mol. The van der Waals surface area contributed by atoms with E-state index >= 15 is 0 Å². The average molecular weight is 340 g/mol. The van der Waals surface area contributed by atoms with Crippen molar-refractivity contribution in [2.75, 3.05) is 23.8 Å². The van der Waals surface area contributed by atoms with Crippen molar-refractivity contribution in [2.24, 2.45) is 0 Å². The molecule has 1 aromatic carbocycles. The second kappa shape index (κ2) is 6.24. The summed E-state index contributed by atoms with van der Waals surface area (Å²) in [7, 11) is 0. The molecule has 3 N–H and O–H groups in total. The van der Waals surface area contributed by atoms with Crippen LogP contribution < -0.4 is 10.6 Å². The van der Waals surface area contributed by atoms with Crippen LogP contribution in [-0.4, -0.2) is 39.3 Å². The zero-order chi connectivity index (χ0) is 15.7. The number of aromatic nitrogens is 3. The summed E-state index contributed by atoms with van der Waals surface area (Å²) in [5.41, 5.74) is 6.41. The van der Waals surface area contributed by atoms with Crippen molar-refractivity contribution in [2.45, 2.75) is 18.9 Å². The van der Waals surface area contributed by atoms with E-state index < -0.39 is 0 Å². The number of hydrogen-bond acceptors (Lipinski definition) is 6. The SMILES string of the molecule is Nc1nc(-c2cc(Cl)ccc2Cl)nc(N2CCC[C@H]2CO)n1. The molecule has 0 bridgehead atoms. The fourth-order valence-electron chi connectivity index (χ4n) is 2.59. The Morgan fingerprint density at radius 1 is 1.27 bits per heavy atom. The number of aliphatic hydroxyl groups excluding tert-OH is 1. The highest BCUT2D eigenvalue weighted by Crippen LogP contribution is 2.30. The van der Waals surface area contributed by atoms with Gasteiger partial charge in [-0.3, -0.25) is 0 Å². The number of anilines is 2. The topological polar surface area (TPSA) is 88.2 Å². The number of rotatable bonds is 3. The first kappa shape index (κ1) is 15.3.